The van der Waals surface area contributed by atoms with Crippen LogP contribution in [0.25, 0.3) is 0 Å². The lowest BCUT2D eigenvalue weighted by Crippen LogP contribution is -2.26. The summed E-state index contributed by atoms with van der Waals surface area (Å²) in [5.41, 5.74) is 0. The number of carbonyl (C=O) groups excluding carboxylic acids is 1. The van der Waals surface area contributed by atoms with Crippen LogP contribution in [0.1, 0.15) is 6.42 Å². The minimum atomic E-state index is 0.00899. The molecule has 1 aromatic rings. The van der Waals surface area contributed by atoms with Crippen LogP contribution < -0.4 is 10.1 Å². The first-order valence-corrected chi connectivity index (χ1v) is 5.95. The predicted molar refractivity (Wildman–Crippen MR) is 63.4 cm³/mol. The van der Waals surface area contributed by atoms with Crippen LogP contribution in [0.4, 0.5) is 0 Å². The summed E-state index contributed by atoms with van der Waals surface area (Å²) in [6.45, 7) is 1.27. The quantitative estimate of drug-likeness (QED) is 0.635. The third kappa shape index (κ3) is 5.42. The number of carbonyl (C=O) groups is 1. The minimum absolute atomic E-state index is 0.00899. The number of rotatable bonds is 6. The zero-order valence-corrected chi connectivity index (χ0v) is 10.00. The SMILES string of the molecule is O=C(CBr)NCCCOc1ccccc1. The van der Waals surface area contributed by atoms with Crippen molar-refractivity contribution < 1.29 is 9.53 Å². The molecule has 0 saturated heterocycles. The van der Waals surface area contributed by atoms with E-state index in [2.05, 4.69) is 21.2 Å². The number of alkyl halides is 1. The molecular weight excluding hydrogens is 258 g/mol. The number of hydrogen-bond donors (Lipinski definition) is 1. The first-order valence-electron chi connectivity index (χ1n) is 4.83. The Bertz CT molecular complexity index is 290. The Morgan fingerprint density at radius 3 is 2.73 bits per heavy atom. The zero-order chi connectivity index (χ0) is 10.9. The van der Waals surface area contributed by atoms with E-state index in [0.29, 0.717) is 18.5 Å². The Kier molecular flexibility index (Phi) is 5.85. The minimum Gasteiger partial charge on any atom is -0.494 e. The van der Waals surface area contributed by atoms with Gasteiger partial charge in [0.2, 0.25) is 5.91 Å². The highest BCUT2D eigenvalue weighted by atomic mass is 79.9. The van der Waals surface area contributed by atoms with Gasteiger partial charge in [0.05, 0.1) is 11.9 Å². The molecule has 1 aromatic carbocycles. The van der Waals surface area contributed by atoms with Crippen molar-refractivity contribution in [1.29, 1.82) is 0 Å². The molecule has 1 N–H and O–H groups in total. The molecule has 3 nitrogen and oxygen atoms in total. The second-order valence-corrected chi connectivity index (χ2v) is 3.56. The summed E-state index contributed by atoms with van der Waals surface area (Å²) in [5.74, 6) is 0.874. The zero-order valence-electron chi connectivity index (χ0n) is 8.41. The van der Waals surface area contributed by atoms with Gasteiger partial charge in [0.1, 0.15) is 5.75 Å². The molecule has 0 aromatic heterocycles. The molecule has 0 unspecified atom stereocenters. The fraction of sp³-hybridized carbons (Fsp3) is 0.364. The van der Waals surface area contributed by atoms with Gasteiger partial charge < -0.3 is 10.1 Å². The summed E-state index contributed by atoms with van der Waals surface area (Å²) in [6.07, 6.45) is 0.813. The fourth-order valence-electron chi connectivity index (χ4n) is 1.05. The Hall–Kier alpha value is -1.03. The number of halogens is 1. The fourth-order valence-corrected chi connectivity index (χ4v) is 1.25. The van der Waals surface area contributed by atoms with Crippen LogP contribution in [0.2, 0.25) is 0 Å². The summed E-state index contributed by atoms with van der Waals surface area (Å²) < 4.78 is 5.46. The molecule has 0 aliphatic rings. The molecule has 0 saturated carbocycles. The highest BCUT2D eigenvalue weighted by Crippen LogP contribution is 2.07. The number of hydrogen-bond acceptors (Lipinski definition) is 2. The van der Waals surface area contributed by atoms with Crippen LogP contribution in [-0.2, 0) is 4.79 Å². The van der Waals surface area contributed by atoms with Gasteiger partial charge in [-0.2, -0.15) is 0 Å². The van der Waals surface area contributed by atoms with E-state index in [4.69, 9.17) is 4.74 Å². The van der Waals surface area contributed by atoms with Crippen molar-refractivity contribution in [2.75, 3.05) is 18.5 Å². The van der Waals surface area contributed by atoms with Crippen LogP contribution in [-0.4, -0.2) is 24.4 Å². The van der Waals surface area contributed by atoms with Gasteiger partial charge in [-0.1, -0.05) is 34.1 Å². The van der Waals surface area contributed by atoms with Crippen molar-refractivity contribution in [3.8, 4) is 5.75 Å². The third-order valence-electron chi connectivity index (χ3n) is 1.78. The summed E-state index contributed by atoms with van der Waals surface area (Å²) in [5, 5.41) is 3.11. The molecule has 4 heteroatoms. The van der Waals surface area contributed by atoms with Gasteiger partial charge >= 0.3 is 0 Å². The number of benzene rings is 1. The van der Waals surface area contributed by atoms with Gasteiger partial charge in [-0.15, -0.1) is 0 Å². The van der Waals surface area contributed by atoms with E-state index in [9.17, 15) is 4.79 Å². The monoisotopic (exact) mass is 271 g/mol. The van der Waals surface area contributed by atoms with Gasteiger partial charge in [-0.25, -0.2) is 0 Å². The molecule has 0 bridgehead atoms. The van der Waals surface area contributed by atoms with Gasteiger partial charge in [-0.3, -0.25) is 4.79 Å². The molecule has 0 heterocycles. The van der Waals surface area contributed by atoms with Gasteiger partial charge in [-0.05, 0) is 18.6 Å². The second kappa shape index (κ2) is 7.29. The molecule has 0 atom stereocenters. The van der Waals surface area contributed by atoms with E-state index < -0.39 is 0 Å². The van der Waals surface area contributed by atoms with Gasteiger partial charge in [0, 0.05) is 6.54 Å². The van der Waals surface area contributed by atoms with E-state index in [0.717, 1.165) is 12.2 Å². The topological polar surface area (TPSA) is 38.3 Å². The first kappa shape index (κ1) is 12.0. The van der Waals surface area contributed by atoms with Gasteiger partial charge in [0.25, 0.3) is 0 Å². The lowest BCUT2D eigenvalue weighted by molar-refractivity contribution is -0.118. The van der Waals surface area contributed by atoms with Crippen molar-refractivity contribution in [3.05, 3.63) is 30.3 Å². The number of amides is 1. The third-order valence-corrected chi connectivity index (χ3v) is 2.29. The van der Waals surface area contributed by atoms with E-state index in [1.807, 2.05) is 30.3 Å². The Morgan fingerprint density at radius 2 is 2.07 bits per heavy atom. The van der Waals surface area contributed by atoms with Crippen molar-refractivity contribution in [2.24, 2.45) is 0 Å². The summed E-state index contributed by atoms with van der Waals surface area (Å²) in [7, 11) is 0. The van der Waals surface area contributed by atoms with Crippen LogP contribution in [0.5, 0.6) is 5.75 Å². The average Bonchev–Trinajstić information content (AvgIpc) is 2.29. The van der Waals surface area contributed by atoms with Crippen LogP contribution in [0.15, 0.2) is 30.3 Å². The highest BCUT2D eigenvalue weighted by molar-refractivity contribution is 9.09. The molecule has 82 valence electrons. The van der Waals surface area contributed by atoms with Crippen LogP contribution in [0.3, 0.4) is 0 Å². The lowest BCUT2D eigenvalue weighted by Gasteiger charge is -2.06. The molecule has 0 aliphatic heterocycles. The van der Waals surface area contributed by atoms with Crippen LogP contribution in [0, 0.1) is 0 Å². The standard InChI is InChI=1S/C11H14BrNO2/c12-9-11(14)13-7-4-8-15-10-5-2-1-3-6-10/h1-3,5-6H,4,7-9H2,(H,13,14). The molecule has 15 heavy (non-hydrogen) atoms. The van der Waals surface area contributed by atoms with Crippen LogP contribution >= 0.6 is 15.9 Å². The average molecular weight is 272 g/mol. The number of ether oxygens (including phenoxy) is 1. The molecule has 0 spiro atoms. The molecule has 1 amide bonds. The lowest BCUT2D eigenvalue weighted by atomic mass is 10.3. The summed E-state index contributed by atoms with van der Waals surface area (Å²) in [4.78, 5) is 10.8. The summed E-state index contributed by atoms with van der Waals surface area (Å²) in [6, 6.07) is 9.64. The maximum atomic E-state index is 10.8. The highest BCUT2D eigenvalue weighted by Gasteiger charge is 1.96. The number of nitrogens with one attached hydrogen (secondary N) is 1. The van der Waals surface area contributed by atoms with E-state index >= 15 is 0 Å². The van der Waals surface area contributed by atoms with Crippen molar-refractivity contribution in [1.82, 2.24) is 5.32 Å². The normalized spacial score (nSPS) is 9.67. The molecule has 1 rings (SSSR count). The maximum Gasteiger partial charge on any atom is 0.230 e. The molecule has 0 aliphatic carbocycles. The Morgan fingerprint density at radius 1 is 1.33 bits per heavy atom. The first-order chi connectivity index (χ1) is 7.33. The van der Waals surface area contributed by atoms with Crippen molar-refractivity contribution in [2.45, 2.75) is 6.42 Å². The smallest absolute Gasteiger partial charge is 0.230 e. The van der Waals surface area contributed by atoms with Crippen molar-refractivity contribution >= 4 is 21.8 Å². The maximum absolute atomic E-state index is 10.8. The molecular formula is C11H14BrNO2. The largest absolute Gasteiger partial charge is 0.494 e. The van der Waals surface area contributed by atoms with E-state index in [-0.39, 0.29) is 5.91 Å². The van der Waals surface area contributed by atoms with Gasteiger partial charge in [0.15, 0.2) is 0 Å². The second-order valence-electron chi connectivity index (χ2n) is 3.00. The summed E-state index contributed by atoms with van der Waals surface area (Å²) >= 11 is 3.08. The molecule has 0 fully saturated rings. The number of para-hydroxylation sites is 1. The van der Waals surface area contributed by atoms with E-state index in [1.165, 1.54) is 0 Å². The van der Waals surface area contributed by atoms with E-state index in [1.54, 1.807) is 0 Å². The predicted octanol–water partition coefficient (Wildman–Crippen LogP) is 1.97. The van der Waals surface area contributed by atoms with Crippen molar-refractivity contribution in [3.63, 3.8) is 0 Å². The molecule has 0 radical (unpaired) electrons. The Balaban J connectivity index is 2.05. The Labute approximate surface area is 97.9 Å².